The first-order valence-corrected chi connectivity index (χ1v) is 8.21. The summed E-state index contributed by atoms with van der Waals surface area (Å²) >= 11 is 1.76. The minimum atomic E-state index is 0.734. The van der Waals surface area contributed by atoms with Crippen molar-refractivity contribution in [1.82, 2.24) is 14.9 Å². The van der Waals surface area contributed by atoms with E-state index >= 15 is 0 Å². The van der Waals surface area contributed by atoms with E-state index in [1.807, 2.05) is 6.20 Å². The number of thiazole rings is 1. The third-order valence-electron chi connectivity index (χ3n) is 3.89. The van der Waals surface area contributed by atoms with Crippen LogP contribution in [0.2, 0.25) is 0 Å². The number of hydrogen-bond donors (Lipinski definition) is 0. The first-order valence-electron chi connectivity index (χ1n) is 7.33. The van der Waals surface area contributed by atoms with E-state index in [2.05, 4.69) is 45.4 Å². The highest BCUT2D eigenvalue weighted by molar-refractivity contribution is 7.09. The molecular weight excluding hydrogens is 266 g/mol. The third kappa shape index (κ3) is 3.64. The largest absolute Gasteiger partial charge is 0.296 e. The number of rotatable bonds is 4. The average molecular weight is 287 g/mol. The number of pyridine rings is 1. The van der Waals surface area contributed by atoms with Gasteiger partial charge in [0.15, 0.2) is 0 Å². The van der Waals surface area contributed by atoms with Crippen molar-refractivity contribution >= 4 is 11.3 Å². The molecule has 1 aliphatic rings. The minimum absolute atomic E-state index is 0.734. The van der Waals surface area contributed by atoms with Crippen LogP contribution in [0, 0.1) is 12.8 Å². The summed E-state index contributed by atoms with van der Waals surface area (Å²) in [6.07, 6.45) is 5.62. The minimum Gasteiger partial charge on any atom is -0.296 e. The number of likely N-dealkylation sites (tertiary alicyclic amines) is 1. The molecule has 3 heterocycles. The summed E-state index contributed by atoms with van der Waals surface area (Å²) in [5.41, 5.74) is 2.36. The third-order valence-corrected chi connectivity index (χ3v) is 4.65. The second-order valence-corrected chi connectivity index (χ2v) is 6.62. The SMILES string of the molecule is Cc1cccc(CC2CCCN(Cc3nccs3)C2)n1. The Bertz CT molecular complexity index is 538. The Labute approximate surface area is 124 Å². The van der Waals surface area contributed by atoms with Gasteiger partial charge in [0.1, 0.15) is 5.01 Å². The molecule has 106 valence electrons. The highest BCUT2D eigenvalue weighted by Gasteiger charge is 2.21. The van der Waals surface area contributed by atoms with Crippen molar-refractivity contribution in [1.29, 1.82) is 0 Å². The van der Waals surface area contributed by atoms with E-state index in [0.29, 0.717) is 0 Å². The molecule has 3 rings (SSSR count). The van der Waals surface area contributed by atoms with Gasteiger partial charge in [-0.05, 0) is 50.8 Å². The van der Waals surface area contributed by atoms with Gasteiger partial charge in [-0.15, -0.1) is 11.3 Å². The topological polar surface area (TPSA) is 29.0 Å². The zero-order valence-electron chi connectivity index (χ0n) is 12.0. The van der Waals surface area contributed by atoms with Crippen molar-refractivity contribution < 1.29 is 0 Å². The molecule has 0 spiro atoms. The van der Waals surface area contributed by atoms with Crippen molar-refractivity contribution in [3.8, 4) is 0 Å². The van der Waals surface area contributed by atoms with Gasteiger partial charge in [-0.1, -0.05) is 6.07 Å². The molecule has 20 heavy (non-hydrogen) atoms. The fraction of sp³-hybridized carbons (Fsp3) is 0.500. The van der Waals surface area contributed by atoms with Crippen LogP contribution in [-0.2, 0) is 13.0 Å². The van der Waals surface area contributed by atoms with Crippen LogP contribution in [0.4, 0.5) is 0 Å². The predicted octanol–water partition coefficient (Wildman–Crippen LogP) is 3.30. The molecule has 0 aliphatic carbocycles. The van der Waals surface area contributed by atoms with Crippen LogP contribution < -0.4 is 0 Å². The number of piperidine rings is 1. The zero-order valence-corrected chi connectivity index (χ0v) is 12.8. The van der Waals surface area contributed by atoms with Crippen LogP contribution in [0.25, 0.3) is 0 Å². The smallest absolute Gasteiger partial charge is 0.107 e. The van der Waals surface area contributed by atoms with Gasteiger partial charge in [0.2, 0.25) is 0 Å². The molecule has 1 fully saturated rings. The molecule has 3 nitrogen and oxygen atoms in total. The van der Waals surface area contributed by atoms with E-state index < -0.39 is 0 Å². The zero-order chi connectivity index (χ0) is 13.8. The van der Waals surface area contributed by atoms with Crippen molar-refractivity contribution in [3.05, 3.63) is 46.2 Å². The molecule has 1 unspecified atom stereocenters. The Morgan fingerprint density at radius 1 is 1.40 bits per heavy atom. The summed E-state index contributed by atoms with van der Waals surface area (Å²) in [6, 6.07) is 6.35. The van der Waals surface area contributed by atoms with Gasteiger partial charge in [-0.25, -0.2) is 4.98 Å². The highest BCUT2D eigenvalue weighted by Crippen LogP contribution is 2.22. The second-order valence-electron chi connectivity index (χ2n) is 5.64. The molecule has 4 heteroatoms. The molecule has 0 saturated carbocycles. The first kappa shape index (κ1) is 13.7. The van der Waals surface area contributed by atoms with Crippen LogP contribution in [0.15, 0.2) is 29.8 Å². The molecule has 0 bridgehead atoms. The standard InChI is InChI=1S/C16H21N3S/c1-13-4-2-6-15(18-13)10-14-5-3-8-19(11-14)12-16-17-7-9-20-16/h2,4,6-7,9,14H,3,5,8,10-12H2,1H3. The van der Waals surface area contributed by atoms with Gasteiger partial charge < -0.3 is 0 Å². The summed E-state index contributed by atoms with van der Waals surface area (Å²) in [6.45, 7) is 5.46. The monoisotopic (exact) mass is 287 g/mol. The van der Waals surface area contributed by atoms with Crippen molar-refractivity contribution in [3.63, 3.8) is 0 Å². The van der Waals surface area contributed by atoms with Crippen LogP contribution in [0.1, 0.15) is 29.2 Å². The second kappa shape index (κ2) is 6.46. The van der Waals surface area contributed by atoms with E-state index in [-0.39, 0.29) is 0 Å². The molecule has 0 aromatic carbocycles. The molecule has 1 saturated heterocycles. The number of aromatic nitrogens is 2. The average Bonchev–Trinajstić information content (AvgIpc) is 2.92. The Morgan fingerprint density at radius 3 is 3.15 bits per heavy atom. The Balaban J connectivity index is 1.57. The maximum atomic E-state index is 4.64. The number of aryl methyl sites for hydroxylation is 1. The van der Waals surface area contributed by atoms with Gasteiger partial charge in [0.05, 0.1) is 6.54 Å². The van der Waals surface area contributed by atoms with Gasteiger partial charge in [0.25, 0.3) is 0 Å². The van der Waals surface area contributed by atoms with Crippen LogP contribution in [-0.4, -0.2) is 28.0 Å². The lowest BCUT2D eigenvalue weighted by molar-refractivity contribution is 0.166. The Hall–Kier alpha value is -1.26. The van der Waals surface area contributed by atoms with Gasteiger partial charge in [0, 0.05) is 29.5 Å². The molecule has 0 radical (unpaired) electrons. The molecule has 1 aliphatic heterocycles. The normalized spacial score (nSPS) is 20.1. The Kier molecular flexibility index (Phi) is 4.43. The Morgan fingerprint density at radius 2 is 2.35 bits per heavy atom. The van der Waals surface area contributed by atoms with Gasteiger partial charge >= 0.3 is 0 Å². The molecular formula is C16H21N3S. The quantitative estimate of drug-likeness (QED) is 0.864. The molecule has 0 N–H and O–H groups in total. The lowest BCUT2D eigenvalue weighted by atomic mass is 9.93. The van der Waals surface area contributed by atoms with Gasteiger partial charge in [-0.3, -0.25) is 9.88 Å². The number of hydrogen-bond acceptors (Lipinski definition) is 4. The van der Waals surface area contributed by atoms with Crippen LogP contribution >= 0.6 is 11.3 Å². The summed E-state index contributed by atoms with van der Waals surface area (Å²) in [5, 5.41) is 3.30. The highest BCUT2D eigenvalue weighted by atomic mass is 32.1. The lowest BCUT2D eigenvalue weighted by Crippen LogP contribution is -2.35. The summed E-state index contributed by atoms with van der Waals surface area (Å²) in [5.74, 6) is 0.734. The van der Waals surface area contributed by atoms with Crippen LogP contribution in [0.3, 0.4) is 0 Å². The van der Waals surface area contributed by atoms with Crippen molar-refractivity contribution in [2.75, 3.05) is 13.1 Å². The predicted molar refractivity (Wildman–Crippen MR) is 82.8 cm³/mol. The van der Waals surface area contributed by atoms with E-state index in [4.69, 9.17) is 0 Å². The van der Waals surface area contributed by atoms with Crippen molar-refractivity contribution in [2.45, 2.75) is 32.7 Å². The van der Waals surface area contributed by atoms with E-state index in [1.165, 1.54) is 36.6 Å². The summed E-state index contributed by atoms with van der Waals surface area (Å²) in [7, 11) is 0. The molecule has 0 amide bonds. The maximum absolute atomic E-state index is 4.64. The van der Waals surface area contributed by atoms with Gasteiger partial charge in [-0.2, -0.15) is 0 Å². The molecule has 2 aromatic heterocycles. The fourth-order valence-corrected chi connectivity index (χ4v) is 3.65. The molecule has 1 atom stereocenters. The number of nitrogens with zero attached hydrogens (tertiary/aromatic N) is 3. The lowest BCUT2D eigenvalue weighted by Gasteiger charge is -2.32. The fourth-order valence-electron chi connectivity index (χ4n) is 2.99. The summed E-state index contributed by atoms with van der Waals surface area (Å²) in [4.78, 5) is 11.6. The first-order chi connectivity index (χ1) is 9.79. The molecule has 2 aromatic rings. The van der Waals surface area contributed by atoms with Crippen LogP contribution in [0.5, 0.6) is 0 Å². The van der Waals surface area contributed by atoms with E-state index in [9.17, 15) is 0 Å². The maximum Gasteiger partial charge on any atom is 0.107 e. The summed E-state index contributed by atoms with van der Waals surface area (Å²) < 4.78 is 0. The van der Waals surface area contributed by atoms with E-state index in [1.54, 1.807) is 11.3 Å². The van der Waals surface area contributed by atoms with E-state index in [0.717, 1.165) is 24.6 Å². The van der Waals surface area contributed by atoms with Crippen molar-refractivity contribution in [2.24, 2.45) is 5.92 Å².